The third-order valence-corrected chi connectivity index (χ3v) is 4.11. The van der Waals surface area contributed by atoms with Crippen LogP contribution in [0.3, 0.4) is 0 Å². The molecule has 2 bridgehead atoms. The number of fused-ring (bicyclic) bond motifs is 2. The molecule has 76 valence electrons. The van der Waals surface area contributed by atoms with Crippen molar-refractivity contribution in [2.75, 3.05) is 44.6 Å². The van der Waals surface area contributed by atoms with Crippen LogP contribution in [0, 0.1) is 0 Å². The van der Waals surface area contributed by atoms with Crippen LogP contribution in [0.25, 0.3) is 0 Å². The van der Waals surface area contributed by atoms with Crippen molar-refractivity contribution in [3.05, 3.63) is 0 Å². The number of rotatable bonds is 4. The number of nitrogens with one attached hydrogen (secondary N) is 1. The molecule has 2 heterocycles. The Morgan fingerprint density at radius 2 is 2.15 bits per heavy atom. The summed E-state index contributed by atoms with van der Waals surface area (Å²) in [7, 11) is 0. The largest absolute Gasteiger partial charge is 0.279 e. The van der Waals surface area contributed by atoms with Crippen LogP contribution in [-0.2, 0) is 0 Å². The van der Waals surface area contributed by atoms with Crippen molar-refractivity contribution in [1.29, 1.82) is 0 Å². The highest BCUT2D eigenvalue weighted by Crippen LogP contribution is 2.21. The monoisotopic (exact) mass is 224 g/mol. The van der Waals surface area contributed by atoms with Gasteiger partial charge in [-0.15, -0.1) is 23.2 Å². The summed E-state index contributed by atoms with van der Waals surface area (Å²) in [6, 6.07) is 0.792. The van der Waals surface area contributed by atoms with Gasteiger partial charge in [0.2, 0.25) is 6.67 Å². The van der Waals surface area contributed by atoms with Crippen LogP contribution in [0.5, 0.6) is 0 Å². The van der Waals surface area contributed by atoms with E-state index in [4.69, 9.17) is 23.2 Å². The van der Waals surface area contributed by atoms with Crippen molar-refractivity contribution in [2.24, 2.45) is 0 Å². The molecule has 0 radical (unpaired) electrons. The number of piperazine rings is 1. The zero-order valence-corrected chi connectivity index (χ0v) is 9.45. The van der Waals surface area contributed by atoms with Gasteiger partial charge in [0.05, 0.1) is 12.4 Å². The first-order valence-electron chi connectivity index (χ1n) is 5.12. The van der Waals surface area contributed by atoms with Crippen molar-refractivity contribution in [1.82, 2.24) is 0 Å². The molecule has 2 aliphatic rings. The molecule has 13 heavy (non-hydrogen) atoms. The average molecular weight is 225 g/mol. The normalized spacial score (nSPS) is 42.9. The Morgan fingerprint density at radius 3 is 2.77 bits per heavy atom. The molecule has 2 rings (SSSR count). The van der Waals surface area contributed by atoms with E-state index in [1.54, 1.807) is 4.90 Å². The number of halogens is 2. The third kappa shape index (κ3) is 1.70. The molecule has 2 saturated heterocycles. The zero-order chi connectivity index (χ0) is 9.31. The summed E-state index contributed by atoms with van der Waals surface area (Å²) in [5.74, 6) is 1.60. The Bertz CT molecular complexity index is 188. The van der Waals surface area contributed by atoms with Crippen LogP contribution in [0.1, 0.15) is 6.42 Å². The SMILES string of the molecule is ClCCC1C[NH+]2CC[N+]1(CCCl)C2. The van der Waals surface area contributed by atoms with E-state index in [-0.39, 0.29) is 0 Å². The molecule has 0 aromatic carbocycles. The quantitative estimate of drug-likeness (QED) is 0.504. The van der Waals surface area contributed by atoms with E-state index in [1.807, 2.05) is 0 Å². The molecule has 2 aliphatic heterocycles. The van der Waals surface area contributed by atoms with Crippen LogP contribution in [0.15, 0.2) is 0 Å². The molecular weight excluding hydrogens is 207 g/mol. The maximum Gasteiger partial charge on any atom is 0.206 e. The summed E-state index contributed by atoms with van der Waals surface area (Å²) in [5.41, 5.74) is 0. The van der Waals surface area contributed by atoms with Gasteiger partial charge in [0.25, 0.3) is 0 Å². The lowest BCUT2D eigenvalue weighted by Crippen LogP contribution is -3.09. The first-order chi connectivity index (χ1) is 6.30. The van der Waals surface area contributed by atoms with E-state index in [0.717, 1.165) is 24.3 Å². The first kappa shape index (κ1) is 10.0. The molecule has 0 aromatic rings. The molecule has 0 amide bonds. The summed E-state index contributed by atoms with van der Waals surface area (Å²) in [4.78, 5) is 1.76. The lowest BCUT2D eigenvalue weighted by molar-refractivity contribution is -0.983. The standard InChI is InChI=1S/C9H17Cl2N2/c10-2-1-9-7-12-4-6-13(9,8-12)5-3-11/h9H,1-8H2/q+1/p+1. The second-order valence-corrected chi connectivity index (χ2v) is 5.10. The van der Waals surface area contributed by atoms with Crippen LogP contribution in [-0.4, -0.2) is 55.1 Å². The van der Waals surface area contributed by atoms with Gasteiger partial charge in [-0.2, -0.15) is 0 Å². The maximum atomic E-state index is 5.88. The topological polar surface area (TPSA) is 4.44 Å². The second-order valence-electron chi connectivity index (χ2n) is 4.35. The van der Waals surface area contributed by atoms with Gasteiger partial charge in [-0.3, -0.25) is 9.38 Å². The second kappa shape index (κ2) is 3.93. The Labute approximate surface area is 90.0 Å². The minimum Gasteiger partial charge on any atom is -0.279 e. The van der Waals surface area contributed by atoms with E-state index in [2.05, 4.69) is 0 Å². The molecule has 3 atom stereocenters. The van der Waals surface area contributed by atoms with Crippen LogP contribution in [0.4, 0.5) is 0 Å². The highest BCUT2D eigenvalue weighted by Gasteiger charge is 2.53. The predicted molar refractivity (Wildman–Crippen MR) is 55.4 cm³/mol. The smallest absolute Gasteiger partial charge is 0.206 e. The molecule has 4 heteroatoms. The van der Waals surface area contributed by atoms with Gasteiger partial charge in [0, 0.05) is 12.3 Å². The first-order valence-corrected chi connectivity index (χ1v) is 6.19. The molecule has 2 fully saturated rings. The maximum absolute atomic E-state index is 5.88. The van der Waals surface area contributed by atoms with Gasteiger partial charge in [0.15, 0.2) is 0 Å². The van der Waals surface area contributed by atoms with Crippen molar-refractivity contribution >= 4 is 23.2 Å². The highest BCUT2D eigenvalue weighted by atomic mass is 35.5. The lowest BCUT2D eigenvalue weighted by atomic mass is 10.1. The van der Waals surface area contributed by atoms with E-state index in [1.165, 1.54) is 37.2 Å². The predicted octanol–water partition coefficient (Wildman–Crippen LogP) is -0.0909. The summed E-state index contributed by atoms with van der Waals surface area (Å²) >= 11 is 11.7. The van der Waals surface area contributed by atoms with Crippen LogP contribution in [0.2, 0.25) is 0 Å². The fourth-order valence-electron chi connectivity index (χ4n) is 3.03. The number of alkyl halides is 2. The van der Waals surface area contributed by atoms with E-state index in [0.29, 0.717) is 0 Å². The number of hydrogen-bond donors (Lipinski definition) is 1. The molecule has 3 unspecified atom stereocenters. The Morgan fingerprint density at radius 1 is 1.31 bits per heavy atom. The lowest BCUT2D eigenvalue weighted by Gasteiger charge is -2.33. The van der Waals surface area contributed by atoms with E-state index < -0.39 is 0 Å². The van der Waals surface area contributed by atoms with Crippen molar-refractivity contribution in [3.63, 3.8) is 0 Å². The van der Waals surface area contributed by atoms with Crippen LogP contribution >= 0.6 is 23.2 Å². The van der Waals surface area contributed by atoms with Gasteiger partial charge in [-0.25, -0.2) is 0 Å². The van der Waals surface area contributed by atoms with Crippen LogP contribution < -0.4 is 4.90 Å². The van der Waals surface area contributed by atoms with Gasteiger partial charge in [0.1, 0.15) is 25.7 Å². The molecule has 0 saturated carbocycles. The summed E-state index contributed by atoms with van der Waals surface area (Å²) in [5, 5.41) is 0. The minimum atomic E-state index is 0.792. The Balaban J connectivity index is 2.03. The fourth-order valence-corrected chi connectivity index (χ4v) is 3.62. The fraction of sp³-hybridized carbons (Fsp3) is 1.00. The number of hydrogen-bond acceptors (Lipinski definition) is 0. The summed E-state index contributed by atoms with van der Waals surface area (Å²) in [6.45, 7) is 6.43. The number of nitrogens with zero attached hydrogens (tertiary/aromatic N) is 1. The summed E-state index contributed by atoms with van der Waals surface area (Å²) < 4.78 is 1.26. The average Bonchev–Trinajstić information content (AvgIpc) is 2.63. The van der Waals surface area contributed by atoms with Gasteiger partial charge >= 0.3 is 0 Å². The molecule has 2 nitrogen and oxygen atoms in total. The molecule has 0 aromatic heterocycles. The van der Waals surface area contributed by atoms with Gasteiger partial charge in [-0.05, 0) is 0 Å². The van der Waals surface area contributed by atoms with Gasteiger partial charge < -0.3 is 0 Å². The van der Waals surface area contributed by atoms with Crippen molar-refractivity contribution in [2.45, 2.75) is 12.5 Å². The molecular formula is C9H18Cl2N2+2. The zero-order valence-electron chi connectivity index (χ0n) is 7.94. The molecule has 0 spiro atoms. The highest BCUT2D eigenvalue weighted by molar-refractivity contribution is 6.18. The summed E-state index contributed by atoms with van der Waals surface area (Å²) in [6.07, 6.45) is 1.17. The molecule has 0 aliphatic carbocycles. The minimum absolute atomic E-state index is 0.792. The van der Waals surface area contributed by atoms with Crippen molar-refractivity contribution in [3.8, 4) is 0 Å². The molecule has 1 N–H and O–H groups in total. The van der Waals surface area contributed by atoms with Gasteiger partial charge in [-0.1, -0.05) is 0 Å². The van der Waals surface area contributed by atoms with E-state index in [9.17, 15) is 0 Å². The van der Waals surface area contributed by atoms with Crippen molar-refractivity contribution < 1.29 is 9.38 Å². The third-order valence-electron chi connectivity index (χ3n) is 3.72. The number of quaternary nitrogens is 2. The Kier molecular flexibility index (Phi) is 3.04. The Hall–Kier alpha value is 0.500. The van der Waals surface area contributed by atoms with E-state index >= 15 is 0 Å².